The van der Waals surface area contributed by atoms with Crippen molar-refractivity contribution in [1.29, 1.82) is 0 Å². The second kappa shape index (κ2) is 6.78. The first-order chi connectivity index (χ1) is 12.3. The standard InChI is InChI=1S/C18H12ClN3O3/c19-14-3-1-2-13(8-14)17-21-15(10-24-17)9-23-16-6-4-12(5-7-16)18-22-20-11-25-18/h1-8,10-11H,9H2. The van der Waals surface area contributed by atoms with Gasteiger partial charge >= 0.3 is 0 Å². The van der Waals surface area contributed by atoms with Crippen LogP contribution in [0.25, 0.3) is 22.9 Å². The number of oxazole rings is 1. The molecule has 2 aromatic heterocycles. The van der Waals surface area contributed by atoms with Crippen molar-refractivity contribution in [3.8, 4) is 28.7 Å². The van der Waals surface area contributed by atoms with Crippen molar-refractivity contribution in [3.63, 3.8) is 0 Å². The van der Waals surface area contributed by atoms with Gasteiger partial charge < -0.3 is 13.6 Å². The number of benzene rings is 2. The molecule has 0 fully saturated rings. The van der Waals surface area contributed by atoms with Gasteiger partial charge in [0.25, 0.3) is 0 Å². The lowest BCUT2D eigenvalue weighted by Gasteiger charge is -2.04. The quantitative estimate of drug-likeness (QED) is 0.521. The molecule has 0 radical (unpaired) electrons. The number of hydrogen-bond donors (Lipinski definition) is 0. The fourth-order valence-corrected chi connectivity index (χ4v) is 2.47. The van der Waals surface area contributed by atoms with Crippen LogP contribution < -0.4 is 4.74 Å². The van der Waals surface area contributed by atoms with E-state index in [0.717, 1.165) is 11.1 Å². The summed E-state index contributed by atoms with van der Waals surface area (Å²) in [5.41, 5.74) is 2.34. The van der Waals surface area contributed by atoms with Gasteiger partial charge in [-0.3, -0.25) is 0 Å². The Morgan fingerprint density at radius 2 is 1.84 bits per heavy atom. The molecule has 124 valence electrons. The van der Waals surface area contributed by atoms with Crippen molar-refractivity contribution >= 4 is 11.6 Å². The van der Waals surface area contributed by atoms with Crippen molar-refractivity contribution in [2.24, 2.45) is 0 Å². The third-order valence-electron chi connectivity index (χ3n) is 3.47. The molecule has 0 aliphatic carbocycles. The fraction of sp³-hybridized carbons (Fsp3) is 0.0556. The van der Waals surface area contributed by atoms with Crippen LogP contribution in [-0.4, -0.2) is 15.2 Å². The number of halogens is 1. The van der Waals surface area contributed by atoms with Gasteiger partial charge in [-0.25, -0.2) is 4.98 Å². The van der Waals surface area contributed by atoms with E-state index in [1.165, 1.54) is 6.39 Å². The Morgan fingerprint density at radius 3 is 2.60 bits per heavy atom. The summed E-state index contributed by atoms with van der Waals surface area (Å²) >= 11 is 5.98. The smallest absolute Gasteiger partial charge is 0.247 e. The summed E-state index contributed by atoms with van der Waals surface area (Å²) in [6.45, 7) is 0.296. The Morgan fingerprint density at radius 1 is 0.960 bits per heavy atom. The Bertz CT molecular complexity index is 965. The molecule has 7 heteroatoms. The first-order valence-corrected chi connectivity index (χ1v) is 7.85. The first-order valence-electron chi connectivity index (χ1n) is 7.48. The molecule has 0 N–H and O–H groups in total. The average molecular weight is 354 g/mol. The number of ether oxygens (including phenoxy) is 1. The maximum Gasteiger partial charge on any atom is 0.247 e. The molecule has 0 saturated heterocycles. The minimum Gasteiger partial charge on any atom is -0.487 e. The molecule has 25 heavy (non-hydrogen) atoms. The molecule has 0 aliphatic rings. The van der Waals surface area contributed by atoms with E-state index in [1.54, 1.807) is 18.4 Å². The van der Waals surface area contributed by atoms with E-state index >= 15 is 0 Å². The zero-order valence-electron chi connectivity index (χ0n) is 12.9. The number of rotatable bonds is 5. The highest BCUT2D eigenvalue weighted by Crippen LogP contribution is 2.23. The van der Waals surface area contributed by atoms with Crippen LogP contribution in [0.4, 0.5) is 0 Å². The molecule has 4 aromatic rings. The van der Waals surface area contributed by atoms with Crippen LogP contribution in [0.2, 0.25) is 5.02 Å². The van der Waals surface area contributed by atoms with Gasteiger partial charge in [-0.05, 0) is 42.5 Å². The summed E-state index contributed by atoms with van der Waals surface area (Å²) in [7, 11) is 0. The fourth-order valence-electron chi connectivity index (χ4n) is 2.28. The van der Waals surface area contributed by atoms with Crippen LogP contribution >= 0.6 is 11.6 Å². The molecular formula is C18H12ClN3O3. The number of aromatic nitrogens is 3. The van der Waals surface area contributed by atoms with E-state index in [-0.39, 0.29) is 0 Å². The van der Waals surface area contributed by atoms with Gasteiger partial charge in [-0.2, -0.15) is 0 Å². The van der Waals surface area contributed by atoms with Crippen molar-refractivity contribution in [1.82, 2.24) is 15.2 Å². The Balaban J connectivity index is 1.42. The highest BCUT2D eigenvalue weighted by atomic mass is 35.5. The largest absolute Gasteiger partial charge is 0.487 e. The van der Waals surface area contributed by atoms with Gasteiger partial charge in [-0.15, -0.1) is 10.2 Å². The predicted molar refractivity (Wildman–Crippen MR) is 91.0 cm³/mol. The normalized spacial score (nSPS) is 10.8. The van der Waals surface area contributed by atoms with E-state index < -0.39 is 0 Å². The topological polar surface area (TPSA) is 74.2 Å². The minimum absolute atomic E-state index is 0.296. The molecule has 2 aromatic carbocycles. The predicted octanol–water partition coefficient (Wildman–Crippen LogP) is 4.62. The van der Waals surface area contributed by atoms with E-state index in [1.807, 2.05) is 36.4 Å². The number of hydrogen-bond acceptors (Lipinski definition) is 6. The van der Waals surface area contributed by atoms with E-state index in [4.69, 9.17) is 25.2 Å². The van der Waals surface area contributed by atoms with Crippen LogP contribution in [0, 0.1) is 0 Å². The molecule has 0 amide bonds. The molecule has 6 nitrogen and oxygen atoms in total. The summed E-state index contributed by atoms with van der Waals surface area (Å²) in [5.74, 6) is 1.68. The lowest BCUT2D eigenvalue weighted by Crippen LogP contribution is -1.95. The third-order valence-corrected chi connectivity index (χ3v) is 3.71. The highest BCUT2D eigenvalue weighted by Gasteiger charge is 2.08. The van der Waals surface area contributed by atoms with Crippen LogP contribution in [-0.2, 0) is 6.61 Å². The molecule has 0 bridgehead atoms. The van der Waals surface area contributed by atoms with Crippen molar-refractivity contribution < 1.29 is 13.6 Å². The lowest BCUT2D eigenvalue weighted by molar-refractivity contribution is 0.301. The first kappa shape index (κ1) is 15.4. The lowest BCUT2D eigenvalue weighted by atomic mass is 10.2. The molecule has 0 atom stereocenters. The van der Waals surface area contributed by atoms with Gasteiger partial charge in [0.05, 0.1) is 0 Å². The zero-order valence-corrected chi connectivity index (χ0v) is 13.7. The van der Waals surface area contributed by atoms with E-state index in [0.29, 0.717) is 34.9 Å². The summed E-state index contributed by atoms with van der Waals surface area (Å²) < 4.78 is 16.4. The van der Waals surface area contributed by atoms with Crippen molar-refractivity contribution in [2.75, 3.05) is 0 Å². The molecule has 0 aliphatic heterocycles. The zero-order chi connectivity index (χ0) is 17.1. The van der Waals surface area contributed by atoms with Gasteiger partial charge in [0.15, 0.2) is 0 Å². The van der Waals surface area contributed by atoms with Crippen LogP contribution in [0.3, 0.4) is 0 Å². The van der Waals surface area contributed by atoms with Crippen LogP contribution in [0.15, 0.2) is 70.0 Å². The van der Waals surface area contributed by atoms with Crippen LogP contribution in [0.1, 0.15) is 5.69 Å². The highest BCUT2D eigenvalue weighted by molar-refractivity contribution is 6.30. The molecule has 0 spiro atoms. The second-order valence-electron chi connectivity index (χ2n) is 5.21. The van der Waals surface area contributed by atoms with Crippen molar-refractivity contribution in [3.05, 3.63) is 71.9 Å². The Kier molecular flexibility index (Phi) is 4.18. The van der Waals surface area contributed by atoms with Gasteiger partial charge in [0.1, 0.15) is 24.3 Å². The van der Waals surface area contributed by atoms with Gasteiger partial charge in [-0.1, -0.05) is 17.7 Å². The van der Waals surface area contributed by atoms with Gasteiger partial charge in [0, 0.05) is 16.1 Å². The van der Waals surface area contributed by atoms with Crippen molar-refractivity contribution in [2.45, 2.75) is 6.61 Å². The molecular weight excluding hydrogens is 342 g/mol. The summed E-state index contributed by atoms with van der Waals surface area (Å²) in [5, 5.41) is 8.15. The summed E-state index contributed by atoms with van der Waals surface area (Å²) in [6.07, 6.45) is 2.87. The maximum atomic E-state index is 5.98. The molecule has 0 unspecified atom stereocenters. The Hall–Kier alpha value is -3.12. The minimum atomic E-state index is 0.296. The van der Waals surface area contributed by atoms with E-state index in [2.05, 4.69) is 15.2 Å². The molecule has 2 heterocycles. The second-order valence-corrected chi connectivity index (χ2v) is 5.65. The maximum absolute atomic E-state index is 5.98. The third kappa shape index (κ3) is 3.54. The van der Waals surface area contributed by atoms with Gasteiger partial charge in [0.2, 0.25) is 18.2 Å². The monoisotopic (exact) mass is 353 g/mol. The number of nitrogens with zero attached hydrogens (tertiary/aromatic N) is 3. The molecule has 0 saturated carbocycles. The Labute approximate surface area is 148 Å². The summed E-state index contributed by atoms with van der Waals surface area (Å²) in [6, 6.07) is 14.7. The van der Waals surface area contributed by atoms with E-state index in [9.17, 15) is 0 Å². The molecule has 4 rings (SSSR count). The van der Waals surface area contributed by atoms with Crippen LogP contribution in [0.5, 0.6) is 5.75 Å². The SMILES string of the molecule is Clc1cccc(-c2nc(COc3ccc(-c4nnco4)cc3)co2)c1. The average Bonchev–Trinajstić information content (AvgIpc) is 3.32. The summed E-state index contributed by atoms with van der Waals surface area (Å²) in [4.78, 5) is 4.41.